The zero-order chi connectivity index (χ0) is 17.3. The Balaban J connectivity index is 1.89. The number of nitrogens with one attached hydrogen (secondary N) is 1. The van der Waals surface area contributed by atoms with E-state index in [-0.39, 0.29) is 12.5 Å². The predicted molar refractivity (Wildman–Crippen MR) is 96.7 cm³/mol. The van der Waals surface area contributed by atoms with Crippen LogP contribution in [0.3, 0.4) is 0 Å². The first-order valence-electron chi connectivity index (χ1n) is 7.55. The van der Waals surface area contributed by atoms with Crippen LogP contribution in [0.15, 0.2) is 23.6 Å². The van der Waals surface area contributed by atoms with E-state index in [4.69, 9.17) is 27.9 Å². The van der Waals surface area contributed by atoms with E-state index in [1.165, 1.54) is 23.5 Å². The Kier molecular flexibility index (Phi) is 5.13. The van der Waals surface area contributed by atoms with Crippen molar-refractivity contribution in [3.05, 3.63) is 50.3 Å². The molecule has 0 aliphatic heterocycles. The Morgan fingerprint density at radius 3 is 2.50 bits per heavy atom. The van der Waals surface area contributed by atoms with Gasteiger partial charge in [0.1, 0.15) is 5.00 Å². The number of thiophene rings is 1. The van der Waals surface area contributed by atoms with Crippen LogP contribution in [0.5, 0.6) is 0 Å². The largest absolute Gasteiger partial charge is 0.462 e. The second kappa shape index (κ2) is 7.13. The fourth-order valence-electron chi connectivity index (χ4n) is 2.43. The van der Waals surface area contributed by atoms with Gasteiger partial charge in [-0.25, -0.2) is 4.79 Å². The van der Waals surface area contributed by atoms with Gasteiger partial charge in [0.25, 0.3) is 5.91 Å². The lowest BCUT2D eigenvalue weighted by Gasteiger charge is -2.09. The van der Waals surface area contributed by atoms with Crippen molar-refractivity contribution in [2.45, 2.75) is 25.7 Å². The van der Waals surface area contributed by atoms with Crippen LogP contribution in [0.1, 0.15) is 52.0 Å². The van der Waals surface area contributed by atoms with E-state index in [1.807, 2.05) is 5.38 Å². The van der Waals surface area contributed by atoms with Gasteiger partial charge in [-0.2, -0.15) is 0 Å². The first-order valence-corrected chi connectivity index (χ1v) is 9.19. The predicted octanol–water partition coefficient (Wildman–Crippen LogP) is 5.36. The number of benzene rings is 1. The van der Waals surface area contributed by atoms with Crippen molar-refractivity contribution >= 4 is 51.4 Å². The van der Waals surface area contributed by atoms with Gasteiger partial charge < -0.3 is 10.1 Å². The number of esters is 1. The molecule has 1 aliphatic rings. The van der Waals surface area contributed by atoms with Crippen LogP contribution in [0.25, 0.3) is 0 Å². The topological polar surface area (TPSA) is 55.4 Å². The number of rotatable bonds is 5. The number of hydrogen-bond acceptors (Lipinski definition) is 4. The van der Waals surface area contributed by atoms with Crippen molar-refractivity contribution in [2.75, 3.05) is 11.9 Å². The Morgan fingerprint density at radius 1 is 1.25 bits per heavy atom. The van der Waals surface area contributed by atoms with E-state index >= 15 is 0 Å². The van der Waals surface area contributed by atoms with Crippen molar-refractivity contribution in [2.24, 2.45) is 0 Å². The third-order valence-electron chi connectivity index (χ3n) is 3.67. The van der Waals surface area contributed by atoms with Gasteiger partial charge in [-0.1, -0.05) is 23.2 Å². The molecule has 1 N–H and O–H groups in total. The summed E-state index contributed by atoms with van der Waals surface area (Å²) in [6.45, 7) is 2.05. The Bertz CT molecular complexity index is 779. The number of carbonyl (C=O) groups is 2. The minimum atomic E-state index is -0.403. The van der Waals surface area contributed by atoms with E-state index in [0.29, 0.717) is 32.1 Å². The zero-order valence-corrected chi connectivity index (χ0v) is 15.2. The van der Waals surface area contributed by atoms with E-state index in [0.717, 1.165) is 18.4 Å². The molecule has 126 valence electrons. The van der Waals surface area contributed by atoms with Crippen molar-refractivity contribution in [3.8, 4) is 0 Å². The molecule has 2 aromatic rings. The lowest BCUT2D eigenvalue weighted by Crippen LogP contribution is -2.15. The molecule has 1 amide bonds. The molecule has 4 nitrogen and oxygen atoms in total. The molecule has 0 saturated heterocycles. The number of hydrogen-bond donors (Lipinski definition) is 1. The molecule has 0 spiro atoms. The lowest BCUT2D eigenvalue weighted by atomic mass is 10.1. The molecule has 0 atom stereocenters. The summed E-state index contributed by atoms with van der Waals surface area (Å²) < 4.78 is 5.15. The molecular weight excluding hydrogens is 369 g/mol. The van der Waals surface area contributed by atoms with E-state index < -0.39 is 5.97 Å². The van der Waals surface area contributed by atoms with Gasteiger partial charge in [0, 0.05) is 15.6 Å². The van der Waals surface area contributed by atoms with Gasteiger partial charge in [-0.05, 0) is 54.8 Å². The Morgan fingerprint density at radius 2 is 1.92 bits per heavy atom. The second-order valence-corrected chi connectivity index (χ2v) is 7.25. The zero-order valence-electron chi connectivity index (χ0n) is 12.9. The van der Waals surface area contributed by atoms with Gasteiger partial charge in [0.2, 0.25) is 0 Å². The van der Waals surface area contributed by atoms with E-state index in [2.05, 4.69) is 5.32 Å². The number of anilines is 1. The summed E-state index contributed by atoms with van der Waals surface area (Å²) in [5, 5.41) is 5.96. The highest BCUT2D eigenvalue weighted by atomic mass is 35.5. The van der Waals surface area contributed by atoms with Crippen molar-refractivity contribution < 1.29 is 14.3 Å². The fourth-order valence-corrected chi connectivity index (χ4v) is 3.98. The lowest BCUT2D eigenvalue weighted by molar-refractivity contribution is 0.0527. The standard InChI is InChI=1S/C17H15Cl2NO3S/c1-2-23-17(22)14-13(9-3-4-9)8-24-16(14)20-15(21)10-5-11(18)7-12(19)6-10/h5-9H,2-4H2,1H3,(H,20,21). The minimum Gasteiger partial charge on any atom is -0.462 e. The maximum absolute atomic E-state index is 12.5. The quantitative estimate of drug-likeness (QED) is 0.706. The first-order chi connectivity index (χ1) is 11.5. The molecule has 1 aromatic carbocycles. The van der Waals surface area contributed by atoms with Crippen molar-refractivity contribution in [1.82, 2.24) is 0 Å². The van der Waals surface area contributed by atoms with Gasteiger partial charge in [0.05, 0.1) is 12.2 Å². The molecule has 1 aromatic heterocycles. The highest BCUT2D eigenvalue weighted by Crippen LogP contribution is 2.46. The van der Waals surface area contributed by atoms with Crippen LogP contribution in [0.2, 0.25) is 10.0 Å². The molecule has 0 unspecified atom stereocenters. The van der Waals surface area contributed by atoms with Crippen LogP contribution in [0.4, 0.5) is 5.00 Å². The summed E-state index contributed by atoms with van der Waals surface area (Å²) in [4.78, 5) is 24.8. The molecular formula is C17H15Cl2NO3S. The van der Waals surface area contributed by atoms with E-state index in [9.17, 15) is 9.59 Å². The molecule has 0 radical (unpaired) electrons. The molecule has 3 rings (SSSR count). The number of carbonyl (C=O) groups excluding carboxylic acids is 2. The third-order valence-corrected chi connectivity index (χ3v) is 5.02. The summed E-state index contributed by atoms with van der Waals surface area (Å²) in [5.74, 6) is -0.388. The molecule has 1 heterocycles. The Hall–Kier alpha value is -1.56. The number of amides is 1. The monoisotopic (exact) mass is 383 g/mol. The second-order valence-electron chi connectivity index (χ2n) is 5.50. The normalized spacial score (nSPS) is 13.6. The molecule has 24 heavy (non-hydrogen) atoms. The molecule has 7 heteroatoms. The van der Waals surface area contributed by atoms with Gasteiger partial charge >= 0.3 is 5.97 Å². The third kappa shape index (κ3) is 3.74. The summed E-state index contributed by atoms with van der Waals surface area (Å²) in [6, 6.07) is 4.62. The maximum Gasteiger partial charge on any atom is 0.341 e. The van der Waals surface area contributed by atoms with Gasteiger partial charge in [-0.15, -0.1) is 11.3 Å². The summed E-state index contributed by atoms with van der Waals surface area (Å²) in [5.41, 5.74) is 1.76. The summed E-state index contributed by atoms with van der Waals surface area (Å²) >= 11 is 13.2. The SMILES string of the molecule is CCOC(=O)c1c(C2CC2)csc1NC(=O)c1cc(Cl)cc(Cl)c1. The molecule has 1 fully saturated rings. The van der Waals surface area contributed by atoms with Crippen LogP contribution in [-0.4, -0.2) is 18.5 Å². The average Bonchev–Trinajstić information content (AvgIpc) is 3.27. The molecule has 1 aliphatic carbocycles. The first kappa shape index (κ1) is 17.3. The maximum atomic E-state index is 12.5. The van der Waals surface area contributed by atoms with Crippen molar-refractivity contribution in [3.63, 3.8) is 0 Å². The highest BCUT2D eigenvalue weighted by molar-refractivity contribution is 7.15. The van der Waals surface area contributed by atoms with Crippen LogP contribution < -0.4 is 5.32 Å². The Labute approximate surface area is 153 Å². The fraction of sp³-hybridized carbons (Fsp3) is 0.294. The van der Waals surface area contributed by atoms with Gasteiger partial charge in [-0.3, -0.25) is 4.79 Å². The summed E-state index contributed by atoms with van der Waals surface area (Å²) in [6.07, 6.45) is 2.11. The number of ether oxygens (including phenoxy) is 1. The average molecular weight is 384 g/mol. The smallest absolute Gasteiger partial charge is 0.341 e. The van der Waals surface area contributed by atoms with Gasteiger partial charge in [0.15, 0.2) is 0 Å². The van der Waals surface area contributed by atoms with E-state index in [1.54, 1.807) is 13.0 Å². The highest BCUT2D eigenvalue weighted by Gasteiger charge is 2.32. The summed E-state index contributed by atoms with van der Waals surface area (Å²) in [7, 11) is 0. The van der Waals surface area contributed by atoms with Crippen LogP contribution >= 0.6 is 34.5 Å². The van der Waals surface area contributed by atoms with Crippen LogP contribution in [0, 0.1) is 0 Å². The van der Waals surface area contributed by atoms with Crippen molar-refractivity contribution in [1.29, 1.82) is 0 Å². The molecule has 1 saturated carbocycles. The van der Waals surface area contributed by atoms with Crippen LogP contribution in [-0.2, 0) is 4.74 Å². The molecule has 0 bridgehead atoms. The number of halogens is 2. The minimum absolute atomic E-state index is 0.288.